The molecule has 0 atom stereocenters. The van der Waals surface area contributed by atoms with Crippen molar-refractivity contribution in [1.82, 2.24) is 9.78 Å². The van der Waals surface area contributed by atoms with E-state index in [4.69, 9.17) is 4.74 Å². The maximum Gasteiger partial charge on any atom is 0.262 e. The summed E-state index contributed by atoms with van der Waals surface area (Å²) in [6.45, 7) is 1.96. The smallest absolute Gasteiger partial charge is 0.262 e. The number of ether oxygens (including phenoxy) is 1. The molecule has 0 saturated carbocycles. The number of hydrogen-bond donors (Lipinski definition) is 1. The van der Waals surface area contributed by atoms with Crippen molar-refractivity contribution >= 4 is 27.5 Å². The van der Waals surface area contributed by atoms with E-state index in [1.165, 1.54) is 7.11 Å². The molecule has 1 heterocycles. The normalized spacial score (nSPS) is 10.3. The van der Waals surface area contributed by atoms with E-state index < -0.39 is 0 Å². The zero-order valence-corrected chi connectivity index (χ0v) is 12.5. The number of aromatic nitrogens is 2. The van der Waals surface area contributed by atoms with Crippen LogP contribution < -0.4 is 10.1 Å². The van der Waals surface area contributed by atoms with Crippen molar-refractivity contribution in [1.29, 1.82) is 0 Å². The maximum absolute atomic E-state index is 12.1. The molecule has 1 aromatic carbocycles. The molecule has 0 radical (unpaired) electrons. The molecule has 0 saturated heterocycles. The molecule has 2 rings (SSSR count). The molecule has 0 spiro atoms. The molecule has 19 heavy (non-hydrogen) atoms. The lowest BCUT2D eigenvalue weighted by Crippen LogP contribution is -2.12. The van der Waals surface area contributed by atoms with Gasteiger partial charge in [-0.3, -0.25) is 9.48 Å². The van der Waals surface area contributed by atoms with Crippen LogP contribution in [0.4, 0.5) is 5.69 Å². The number of benzene rings is 1. The van der Waals surface area contributed by atoms with Gasteiger partial charge in [-0.05, 0) is 30.7 Å². The minimum atomic E-state index is -0.244. The summed E-state index contributed by atoms with van der Waals surface area (Å²) in [7, 11) is 3.23. The Bertz CT molecular complexity index is 622. The van der Waals surface area contributed by atoms with Gasteiger partial charge in [-0.15, -0.1) is 5.10 Å². The minimum Gasteiger partial charge on any atom is -0.479 e. The lowest BCUT2D eigenvalue weighted by molar-refractivity contribution is 0.102. The van der Waals surface area contributed by atoms with Crippen molar-refractivity contribution in [2.24, 2.45) is 7.05 Å². The summed E-state index contributed by atoms with van der Waals surface area (Å²) in [6, 6.07) is 5.62. The highest BCUT2D eigenvalue weighted by atomic mass is 79.9. The SMILES string of the molecule is COc1nn(C)cc1C(=O)Nc1ccc(Br)c(C)c1. The third-order valence-electron chi connectivity index (χ3n) is 2.65. The molecule has 0 aliphatic carbocycles. The molecule has 0 aliphatic rings. The van der Waals surface area contributed by atoms with Crippen molar-refractivity contribution in [3.8, 4) is 5.88 Å². The molecule has 1 N–H and O–H groups in total. The van der Waals surface area contributed by atoms with Crippen molar-refractivity contribution in [3.63, 3.8) is 0 Å². The Morgan fingerprint density at radius 3 is 2.84 bits per heavy atom. The van der Waals surface area contributed by atoms with E-state index >= 15 is 0 Å². The van der Waals surface area contributed by atoms with E-state index in [1.807, 2.05) is 25.1 Å². The van der Waals surface area contributed by atoms with Crippen LogP contribution in [0, 0.1) is 6.92 Å². The zero-order chi connectivity index (χ0) is 14.0. The van der Waals surface area contributed by atoms with Crippen molar-refractivity contribution in [2.75, 3.05) is 12.4 Å². The number of carbonyl (C=O) groups excluding carboxylic acids is 1. The first-order valence-corrected chi connectivity index (χ1v) is 6.45. The number of halogens is 1. The van der Waals surface area contributed by atoms with E-state index in [2.05, 4.69) is 26.3 Å². The fourth-order valence-corrected chi connectivity index (χ4v) is 1.94. The van der Waals surface area contributed by atoms with E-state index in [9.17, 15) is 4.79 Å². The van der Waals surface area contributed by atoms with Crippen LogP contribution in [-0.4, -0.2) is 22.8 Å². The predicted molar refractivity (Wildman–Crippen MR) is 76.6 cm³/mol. The molecule has 0 bridgehead atoms. The van der Waals surface area contributed by atoms with Gasteiger partial charge in [0.1, 0.15) is 5.56 Å². The van der Waals surface area contributed by atoms with Crippen LogP contribution >= 0.6 is 15.9 Å². The van der Waals surface area contributed by atoms with E-state index in [1.54, 1.807) is 17.9 Å². The first kappa shape index (κ1) is 13.6. The number of aryl methyl sites for hydroxylation is 2. The number of methoxy groups -OCH3 is 1. The summed E-state index contributed by atoms with van der Waals surface area (Å²) in [5.41, 5.74) is 2.19. The Balaban J connectivity index is 2.22. The fourth-order valence-electron chi connectivity index (χ4n) is 1.70. The van der Waals surface area contributed by atoms with Crippen LogP contribution in [0.2, 0.25) is 0 Å². The van der Waals surface area contributed by atoms with Gasteiger partial charge in [0.15, 0.2) is 0 Å². The van der Waals surface area contributed by atoms with Crippen LogP contribution in [0.15, 0.2) is 28.9 Å². The Morgan fingerprint density at radius 2 is 2.21 bits per heavy atom. The molecule has 6 heteroatoms. The van der Waals surface area contributed by atoms with E-state index in [0.29, 0.717) is 11.4 Å². The second-order valence-corrected chi connectivity index (χ2v) is 5.00. The average Bonchev–Trinajstić information content (AvgIpc) is 2.75. The number of hydrogen-bond acceptors (Lipinski definition) is 3. The van der Waals surface area contributed by atoms with Crippen molar-refractivity contribution in [2.45, 2.75) is 6.92 Å². The van der Waals surface area contributed by atoms with Gasteiger partial charge in [-0.1, -0.05) is 15.9 Å². The van der Waals surface area contributed by atoms with Gasteiger partial charge in [0.05, 0.1) is 7.11 Å². The molecular weight excluding hydrogens is 310 g/mol. The third-order valence-corrected chi connectivity index (χ3v) is 3.54. The third kappa shape index (κ3) is 2.96. The number of amides is 1. The zero-order valence-electron chi connectivity index (χ0n) is 10.9. The van der Waals surface area contributed by atoms with Crippen LogP contribution in [0.3, 0.4) is 0 Å². The van der Waals surface area contributed by atoms with Gasteiger partial charge in [0.2, 0.25) is 5.88 Å². The largest absolute Gasteiger partial charge is 0.479 e. The molecule has 2 aromatic rings. The molecule has 0 aliphatic heterocycles. The van der Waals surface area contributed by atoms with Crippen LogP contribution in [0.1, 0.15) is 15.9 Å². The first-order chi connectivity index (χ1) is 9.01. The highest BCUT2D eigenvalue weighted by Gasteiger charge is 2.16. The lowest BCUT2D eigenvalue weighted by atomic mass is 10.2. The van der Waals surface area contributed by atoms with Crippen molar-refractivity contribution < 1.29 is 9.53 Å². The Kier molecular flexibility index (Phi) is 3.90. The number of nitrogens with one attached hydrogen (secondary N) is 1. The molecule has 1 aromatic heterocycles. The van der Waals surface area contributed by atoms with Crippen LogP contribution in [-0.2, 0) is 7.05 Å². The standard InChI is InChI=1S/C13H14BrN3O2/c1-8-6-9(4-5-11(8)14)15-12(18)10-7-17(2)16-13(10)19-3/h4-7H,1-3H3,(H,15,18). The summed E-state index contributed by atoms with van der Waals surface area (Å²) in [5.74, 6) is 0.0699. The molecule has 100 valence electrons. The number of rotatable bonds is 3. The quantitative estimate of drug-likeness (QED) is 0.944. The minimum absolute atomic E-state index is 0.244. The van der Waals surface area contributed by atoms with Gasteiger partial charge in [0.25, 0.3) is 5.91 Å². The summed E-state index contributed by atoms with van der Waals surface area (Å²) in [4.78, 5) is 12.1. The average molecular weight is 324 g/mol. The number of nitrogens with zero attached hydrogens (tertiary/aromatic N) is 2. The number of carbonyl (C=O) groups is 1. The molecular formula is C13H14BrN3O2. The van der Waals surface area contributed by atoms with Gasteiger partial charge >= 0.3 is 0 Å². The molecule has 1 amide bonds. The first-order valence-electron chi connectivity index (χ1n) is 5.66. The van der Waals surface area contributed by atoms with Crippen molar-refractivity contribution in [3.05, 3.63) is 40.0 Å². The van der Waals surface area contributed by atoms with Gasteiger partial charge in [-0.2, -0.15) is 0 Å². The molecule has 0 fully saturated rings. The second-order valence-electron chi connectivity index (χ2n) is 4.14. The molecule has 5 nitrogen and oxygen atoms in total. The van der Waals surface area contributed by atoms with Gasteiger partial charge in [0, 0.05) is 23.4 Å². The Morgan fingerprint density at radius 1 is 1.47 bits per heavy atom. The topological polar surface area (TPSA) is 56.2 Å². The maximum atomic E-state index is 12.1. The van der Waals surface area contributed by atoms with E-state index in [-0.39, 0.29) is 5.91 Å². The number of anilines is 1. The summed E-state index contributed by atoms with van der Waals surface area (Å²) >= 11 is 3.42. The van der Waals surface area contributed by atoms with Crippen LogP contribution in [0.25, 0.3) is 0 Å². The van der Waals surface area contributed by atoms with Gasteiger partial charge < -0.3 is 10.1 Å². The predicted octanol–water partition coefficient (Wildman–Crippen LogP) is 2.75. The Labute approximate surface area is 119 Å². The fraction of sp³-hybridized carbons (Fsp3) is 0.231. The van der Waals surface area contributed by atoms with Gasteiger partial charge in [-0.25, -0.2) is 0 Å². The second kappa shape index (κ2) is 5.44. The summed E-state index contributed by atoms with van der Waals surface area (Å²) < 4.78 is 7.61. The summed E-state index contributed by atoms with van der Waals surface area (Å²) in [6.07, 6.45) is 1.62. The summed E-state index contributed by atoms with van der Waals surface area (Å²) in [5, 5.41) is 6.87. The Hall–Kier alpha value is -1.82. The molecule has 0 unspecified atom stereocenters. The highest BCUT2D eigenvalue weighted by molar-refractivity contribution is 9.10. The van der Waals surface area contributed by atoms with Crippen LogP contribution in [0.5, 0.6) is 5.88 Å². The highest BCUT2D eigenvalue weighted by Crippen LogP contribution is 2.22. The van der Waals surface area contributed by atoms with E-state index in [0.717, 1.165) is 15.7 Å². The lowest BCUT2D eigenvalue weighted by Gasteiger charge is -2.06. The monoisotopic (exact) mass is 323 g/mol.